The average Bonchev–Trinajstić information content (AvgIpc) is 3.03. The molecule has 3 aromatic rings. The molecule has 4 rings (SSSR count). The van der Waals surface area contributed by atoms with Gasteiger partial charge in [0.1, 0.15) is 11.5 Å². The first kappa shape index (κ1) is 21.6. The predicted molar refractivity (Wildman–Crippen MR) is 127 cm³/mol. The maximum Gasteiger partial charge on any atom is 0.340 e. The van der Waals surface area contributed by atoms with Crippen LogP contribution in [0.1, 0.15) is 12.5 Å². The SMILES string of the molecule is COC(=O)C1=C(C)N(c2cccc(Br)c2)C(=O)/C1=C\c1cccc(Oc2ccccc2)c1. The number of halogens is 1. The van der Waals surface area contributed by atoms with Gasteiger partial charge in [-0.3, -0.25) is 9.69 Å². The van der Waals surface area contributed by atoms with E-state index in [1.165, 1.54) is 12.0 Å². The molecule has 0 aliphatic carbocycles. The number of anilines is 1. The van der Waals surface area contributed by atoms with Crippen LogP contribution < -0.4 is 9.64 Å². The summed E-state index contributed by atoms with van der Waals surface area (Å²) in [5.41, 5.74) is 2.42. The van der Waals surface area contributed by atoms with Crippen LogP contribution in [-0.4, -0.2) is 19.0 Å². The number of carbonyl (C=O) groups excluding carboxylic acids is 2. The van der Waals surface area contributed by atoms with Gasteiger partial charge in [0.15, 0.2) is 0 Å². The quantitative estimate of drug-likeness (QED) is 0.320. The molecular formula is C26H20BrNO4. The smallest absolute Gasteiger partial charge is 0.340 e. The average molecular weight is 490 g/mol. The number of hydrogen-bond donors (Lipinski definition) is 0. The fourth-order valence-electron chi connectivity index (χ4n) is 3.57. The number of hydrogen-bond acceptors (Lipinski definition) is 4. The summed E-state index contributed by atoms with van der Waals surface area (Å²) < 4.78 is 11.7. The molecule has 0 bridgehead atoms. The number of methoxy groups -OCH3 is 1. The van der Waals surface area contributed by atoms with Gasteiger partial charge in [-0.1, -0.05) is 52.3 Å². The first-order chi connectivity index (χ1) is 15.5. The van der Waals surface area contributed by atoms with Crippen molar-refractivity contribution < 1.29 is 19.1 Å². The molecule has 3 aromatic carbocycles. The van der Waals surface area contributed by atoms with E-state index in [0.717, 1.165) is 10.0 Å². The molecule has 0 unspecified atom stereocenters. The third kappa shape index (κ3) is 4.36. The Balaban J connectivity index is 1.74. The molecule has 32 heavy (non-hydrogen) atoms. The molecule has 0 atom stereocenters. The second-order valence-corrected chi connectivity index (χ2v) is 8.03. The number of carbonyl (C=O) groups is 2. The molecule has 0 spiro atoms. The Morgan fingerprint density at radius 3 is 2.38 bits per heavy atom. The van der Waals surface area contributed by atoms with Crippen molar-refractivity contribution in [1.82, 2.24) is 0 Å². The lowest BCUT2D eigenvalue weighted by Gasteiger charge is -2.18. The first-order valence-electron chi connectivity index (χ1n) is 9.92. The van der Waals surface area contributed by atoms with E-state index in [1.807, 2.05) is 78.9 Å². The van der Waals surface area contributed by atoms with Crippen LogP contribution in [0.3, 0.4) is 0 Å². The van der Waals surface area contributed by atoms with Crippen LogP contribution in [0.4, 0.5) is 5.69 Å². The predicted octanol–water partition coefficient (Wildman–Crippen LogP) is 6.12. The molecule has 6 heteroatoms. The van der Waals surface area contributed by atoms with Crippen molar-refractivity contribution in [3.63, 3.8) is 0 Å². The number of nitrogens with zero attached hydrogens (tertiary/aromatic N) is 1. The van der Waals surface area contributed by atoms with Crippen molar-refractivity contribution in [2.75, 3.05) is 12.0 Å². The van der Waals surface area contributed by atoms with Crippen LogP contribution in [0.2, 0.25) is 0 Å². The lowest BCUT2D eigenvalue weighted by Crippen LogP contribution is -2.24. The van der Waals surface area contributed by atoms with Gasteiger partial charge in [0.05, 0.1) is 23.9 Å². The lowest BCUT2D eigenvalue weighted by molar-refractivity contribution is -0.136. The van der Waals surface area contributed by atoms with E-state index in [9.17, 15) is 9.59 Å². The van der Waals surface area contributed by atoms with Gasteiger partial charge < -0.3 is 9.47 Å². The number of amides is 1. The molecular weight excluding hydrogens is 470 g/mol. The van der Waals surface area contributed by atoms with Gasteiger partial charge in [-0.2, -0.15) is 0 Å². The van der Waals surface area contributed by atoms with Crippen LogP contribution in [0.25, 0.3) is 6.08 Å². The van der Waals surface area contributed by atoms with Crippen LogP contribution in [0, 0.1) is 0 Å². The van der Waals surface area contributed by atoms with Gasteiger partial charge in [0, 0.05) is 10.2 Å². The summed E-state index contributed by atoms with van der Waals surface area (Å²) in [6, 6.07) is 24.1. The molecule has 1 aliphatic rings. The van der Waals surface area contributed by atoms with Crippen LogP contribution in [0.5, 0.6) is 11.5 Å². The van der Waals surface area contributed by atoms with Gasteiger partial charge in [-0.15, -0.1) is 0 Å². The highest BCUT2D eigenvalue weighted by atomic mass is 79.9. The summed E-state index contributed by atoms with van der Waals surface area (Å²) in [7, 11) is 1.31. The Morgan fingerprint density at radius 2 is 1.66 bits per heavy atom. The molecule has 5 nitrogen and oxygen atoms in total. The largest absolute Gasteiger partial charge is 0.465 e. The number of ether oxygens (including phenoxy) is 2. The molecule has 0 saturated carbocycles. The summed E-state index contributed by atoms with van der Waals surface area (Å²) in [5.74, 6) is 0.480. The minimum Gasteiger partial charge on any atom is -0.465 e. The van der Waals surface area contributed by atoms with Crippen LogP contribution in [-0.2, 0) is 14.3 Å². The summed E-state index contributed by atoms with van der Waals surface area (Å²) in [6.07, 6.45) is 1.69. The number of rotatable bonds is 5. The molecule has 0 saturated heterocycles. The van der Waals surface area contributed by atoms with Crippen molar-refractivity contribution in [2.24, 2.45) is 0 Å². The highest BCUT2D eigenvalue weighted by molar-refractivity contribution is 9.10. The summed E-state index contributed by atoms with van der Waals surface area (Å²) >= 11 is 3.44. The van der Waals surface area contributed by atoms with Crippen molar-refractivity contribution in [1.29, 1.82) is 0 Å². The zero-order valence-electron chi connectivity index (χ0n) is 17.5. The third-order valence-corrected chi connectivity index (χ3v) is 5.50. The highest BCUT2D eigenvalue weighted by Gasteiger charge is 2.37. The Hall–Kier alpha value is -3.64. The molecule has 1 heterocycles. The standard InChI is InChI=1S/C26H20BrNO4/c1-17-24(26(30)31-2)23(25(29)28(17)20-10-7-9-19(27)16-20)15-18-8-6-13-22(14-18)32-21-11-4-3-5-12-21/h3-16H,1-2H3/b23-15-. The highest BCUT2D eigenvalue weighted by Crippen LogP contribution is 2.36. The fourth-order valence-corrected chi connectivity index (χ4v) is 3.95. The molecule has 0 aromatic heterocycles. The molecule has 0 radical (unpaired) electrons. The Kier molecular flexibility index (Phi) is 6.23. The van der Waals surface area contributed by atoms with Crippen molar-refractivity contribution in [2.45, 2.75) is 6.92 Å². The topological polar surface area (TPSA) is 55.8 Å². The summed E-state index contributed by atoms with van der Waals surface area (Å²) in [6.45, 7) is 1.74. The van der Waals surface area contributed by atoms with Crippen molar-refractivity contribution >= 4 is 39.6 Å². The molecule has 1 amide bonds. The van der Waals surface area contributed by atoms with E-state index in [2.05, 4.69) is 15.9 Å². The van der Waals surface area contributed by atoms with Gasteiger partial charge >= 0.3 is 5.97 Å². The van der Waals surface area contributed by atoms with Crippen molar-refractivity contribution in [3.05, 3.63) is 106 Å². The van der Waals surface area contributed by atoms with Gasteiger partial charge in [0.2, 0.25) is 0 Å². The minimum absolute atomic E-state index is 0.242. The van der Waals surface area contributed by atoms with E-state index in [1.54, 1.807) is 13.0 Å². The normalized spacial score (nSPS) is 14.8. The summed E-state index contributed by atoms with van der Waals surface area (Å²) in [4.78, 5) is 27.5. The first-order valence-corrected chi connectivity index (χ1v) is 10.7. The van der Waals surface area contributed by atoms with E-state index >= 15 is 0 Å². The van der Waals surface area contributed by atoms with Gasteiger partial charge in [-0.05, 0) is 61.0 Å². The van der Waals surface area contributed by atoms with Crippen LogP contribution >= 0.6 is 15.9 Å². The Labute approximate surface area is 194 Å². The maximum absolute atomic E-state index is 13.4. The second-order valence-electron chi connectivity index (χ2n) is 7.12. The van der Waals surface area contributed by atoms with Crippen molar-refractivity contribution in [3.8, 4) is 11.5 Å². The molecule has 0 N–H and O–H groups in total. The Morgan fingerprint density at radius 1 is 0.938 bits per heavy atom. The number of benzene rings is 3. The van der Waals surface area contributed by atoms with E-state index < -0.39 is 5.97 Å². The monoisotopic (exact) mass is 489 g/mol. The van der Waals surface area contributed by atoms with Gasteiger partial charge in [0.25, 0.3) is 5.91 Å². The lowest BCUT2D eigenvalue weighted by atomic mass is 10.0. The second kappa shape index (κ2) is 9.24. The number of para-hydroxylation sites is 1. The zero-order chi connectivity index (χ0) is 22.7. The van der Waals surface area contributed by atoms with E-state index in [0.29, 0.717) is 22.9 Å². The molecule has 0 fully saturated rings. The van der Waals surface area contributed by atoms with Crippen LogP contribution in [0.15, 0.2) is 100 Å². The third-order valence-electron chi connectivity index (χ3n) is 5.00. The van der Waals surface area contributed by atoms with Gasteiger partial charge in [-0.25, -0.2) is 4.79 Å². The maximum atomic E-state index is 13.4. The van der Waals surface area contributed by atoms with E-state index in [-0.39, 0.29) is 17.1 Å². The number of esters is 1. The molecule has 160 valence electrons. The number of allylic oxidation sites excluding steroid dienone is 1. The fraction of sp³-hybridized carbons (Fsp3) is 0.0769. The van der Waals surface area contributed by atoms with E-state index in [4.69, 9.17) is 9.47 Å². The zero-order valence-corrected chi connectivity index (χ0v) is 19.1. The molecule has 1 aliphatic heterocycles. The minimum atomic E-state index is -0.559. The summed E-state index contributed by atoms with van der Waals surface area (Å²) in [5, 5.41) is 0. The Bertz CT molecular complexity index is 1250.